The Labute approximate surface area is 171 Å². The molecule has 1 aliphatic rings. The highest BCUT2D eigenvalue weighted by atomic mass is 79.9. The first-order chi connectivity index (χ1) is 12.7. The van der Waals surface area contributed by atoms with Crippen molar-refractivity contribution in [3.05, 3.63) is 45.5 Å². The van der Waals surface area contributed by atoms with E-state index in [-0.39, 0.29) is 11.8 Å². The molecule has 1 N–H and O–H groups in total. The van der Waals surface area contributed by atoms with Crippen LogP contribution >= 0.6 is 27.5 Å². The van der Waals surface area contributed by atoms with Gasteiger partial charge in [0.05, 0.1) is 17.3 Å². The molecule has 2 aromatic rings. The number of rotatable bonds is 5. The van der Waals surface area contributed by atoms with Crippen LogP contribution in [0.1, 0.15) is 18.4 Å². The van der Waals surface area contributed by atoms with Crippen LogP contribution in [0.2, 0.25) is 5.02 Å². The van der Waals surface area contributed by atoms with Gasteiger partial charge in [0.25, 0.3) is 0 Å². The zero-order valence-electron chi connectivity index (χ0n) is 14.7. The fourth-order valence-corrected chi connectivity index (χ4v) is 4.52. The SMILES string of the molecule is CS(=O)(=O)N1CCC(C(=O)Nc2nn(Cc3ccccc3Cl)cc2Br)CC1. The third kappa shape index (κ3) is 5.10. The summed E-state index contributed by atoms with van der Waals surface area (Å²) in [6.07, 6.45) is 3.97. The Kier molecular flexibility index (Phi) is 6.25. The van der Waals surface area contributed by atoms with Crippen molar-refractivity contribution in [3.8, 4) is 0 Å². The number of aromatic nitrogens is 2. The van der Waals surface area contributed by atoms with Crippen molar-refractivity contribution in [2.45, 2.75) is 19.4 Å². The Hall–Kier alpha value is -1.42. The van der Waals surface area contributed by atoms with Crippen molar-refractivity contribution in [2.75, 3.05) is 24.7 Å². The number of sulfonamides is 1. The maximum Gasteiger partial charge on any atom is 0.228 e. The molecule has 1 aromatic heterocycles. The van der Waals surface area contributed by atoms with E-state index in [1.54, 1.807) is 10.9 Å². The Bertz CT molecular complexity index is 939. The smallest absolute Gasteiger partial charge is 0.228 e. The molecule has 0 saturated carbocycles. The van der Waals surface area contributed by atoms with Crippen LogP contribution in [0.25, 0.3) is 0 Å². The minimum absolute atomic E-state index is 0.146. The quantitative estimate of drug-likeness (QED) is 0.720. The third-order valence-corrected chi connectivity index (χ3v) is 6.79. The largest absolute Gasteiger partial charge is 0.308 e. The van der Waals surface area contributed by atoms with Gasteiger partial charge in [0, 0.05) is 30.2 Å². The van der Waals surface area contributed by atoms with Crippen LogP contribution in [0.4, 0.5) is 5.82 Å². The van der Waals surface area contributed by atoms with E-state index in [9.17, 15) is 13.2 Å². The van der Waals surface area contributed by atoms with Crippen molar-refractivity contribution >= 4 is 49.3 Å². The molecule has 0 spiro atoms. The zero-order valence-corrected chi connectivity index (χ0v) is 17.9. The molecule has 10 heteroatoms. The van der Waals surface area contributed by atoms with Gasteiger partial charge in [-0.25, -0.2) is 12.7 Å². The number of nitrogens with zero attached hydrogens (tertiary/aromatic N) is 3. The van der Waals surface area contributed by atoms with E-state index in [2.05, 4.69) is 26.3 Å². The van der Waals surface area contributed by atoms with E-state index in [0.717, 1.165) is 5.56 Å². The Balaban J connectivity index is 1.62. The summed E-state index contributed by atoms with van der Waals surface area (Å²) in [6, 6.07) is 7.52. The summed E-state index contributed by atoms with van der Waals surface area (Å²) in [5.74, 6) is 0.0630. The highest BCUT2D eigenvalue weighted by Gasteiger charge is 2.29. The van der Waals surface area contributed by atoms with Crippen molar-refractivity contribution in [2.24, 2.45) is 5.92 Å². The fraction of sp³-hybridized carbons (Fsp3) is 0.412. The second-order valence-corrected chi connectivity index (χ2v) is 9.78. The van der Waals surface area contributed by atoms with Gasteiger partial charge in [0.1, 0.15) is 0 Å². The molecule has 0 atom stereocenters. The highest BCUT2D eigenvalue weighted by molar-refractivity contribution is 9.10. The van der Waals surface area contributed by atoms with E-state index in [1.165, 1.54) is 10.6 Å². The van der Waals surface area contributed by atoms with Crippen molar-refractivity contribution in [1.29, 1.82) is 0 Å². The summed E-state index contributed by atoms with van der Waals surface area (Å²) in [5, 5.41) is 7.90. The van der Waals surface area contributed by atoms with Gasteiger partial charge in [-0.2, -0.15) is 5.10 Å². The average Bonchev–Trinajstić information content (AvgIpc) is 2.95. The first-order valence-electron chi connectivity index (χ1n) is 8.46. The fourth-order valence-electron chi connectivity index (χ4n) is 3.03. The lowest BCUT2D eigenvalue weighted by Crippen LogP contribution is -2.40. The topological polar surface area (TPSA) is 84.3 Å². The van der Waals surface area contributed by atoms with Crippen LogP contribution < -0.4 is 5.32 Å². The normalized spacial score (nSPS) is 16.4. The van der Waals surface area contributed by atoms with E-state index in [1.807, 2.05) is 24.3 Å². The molecule has 27 heavy (non-hydrogen) atoms. The minimum Gasteiger partial charge on any atom is -0.308 e. The minimum atomic E-state index is -3.20. The number of carbonyl (C=O) groups is 1. The number of carbonyl (C=O) groups excluding carboxylic acids is 1. The predicted octanol–water partition coefficient (Wildman–Crippen LogP) is 2.96. The Morgan fingerprint density at radius 1 is 1.33 bits per heavy atom. The van der Waals surface area contributed by atoms with E-state index < -0.39 is 10.0 Å². The lowest BCUT2D eigenvalue weighted by atomic mass is 9.97. The number of nitrogens with one attached hydrogen (secondary N) is 1. The maximum absolute atomic E-state index is 12.5. The van der Waals surface area contributed by atoms with E-state index in [0.29, 0.717) is 47.8 Å². The molecule has 1 fully saturated rings. The van der Waals surface area contributed by atoms with Crippen molar-refractivity contribution < 1.29 is 13.2 Å². The molecule has 0 aliphatic carbocycles. The van der Waals surface area contributed by atoms with Gasteiger partial charge in [-0.15, -0.1) is 0 Å². The molecule has 1 aromatic carbocycles. The maximum atomic E-state index is 12.5. The average molecular weight is 476 g/mol. The number of anilines is 1. The monoisotopic (exact) mass is 474 g/mol. The Morgan fingerprint density at radius 3 is 2.63 bits per heavy atom. The number of halogens is 2. The molecule has 2 heterocycles. The summed E-state index contributed by atoms with van der Waals surface area (Å²) >= 11 is 9.60. The van der Waals surface area contributed by atoms with Gasteiger partial charge in [-0.1, -0.05) is 29.8 Å². The van der Waals surface area contributed by atoms with Crippen LogP contribution in [0.5, 0.6) is 0 Å². The summed E-state index contributed by atoms with van der Waals surface area (Å²) in [6.45, 7) is 1.21. The van der Waals surface area contributed by atoms with Gasteiger partial charge in [0.15, 0.2) is 5.82 Å². The predicted molar refractivity (Wildman–Crippen MR) is 108 cm³/mol. The second-order valence-electron chi connectivity index (χ2n) is 6.54. The molecule has 7 nitrogen and oxygen atoms in total. The molecule has 1 amide bonds. The van der Waals surface area contributed by atoms with Crippen LogP contribution in [0.3, 0.4) is 0 Å². The first kappa shape index (κ1) is 20.3. The summed E-state index contributed by atoms with van der Waals surface area (Å²) in [4.78, 5) is 12.5. The van der Waals surface area contributed by atoms with Crippen molar-refractivity contribution in [3.63, 3.8) is 0 Å². The van der Waals surface area contributed by atoms with Gasteiger partial charge in [-0.3, -0.25) is 9.48 Å². The number of hydrogen-bond donors (Lipinski definition) is 1. The molecular formula is C17H20BrClN4O3S. The lowest BCUT2D eigenvalue weighted by molar-refractivity contribution is -0.120. The number of benzene rings is 1. The lowest BCUT2D eigenvalue weighted by Gasteiger charge is -2.29. The molecule has 146 valence electrons. The van der Waals surface area contributed by atoms with Crippen LogP contribution in [-0.4, -0.2) is 47.8 Å². The summed E-state index contributed by atoms with van der Waals surface area (Å²) in [7, 11) is -3.20. The highest BCUT2D eigenvalue weighted by Crippen LogP contribution is 2.25. The second kappa shape index (κ2) is 8.30. The summed E-state index contributed by atoms with van der Waals surface area (Å²) in [5.41, 5.74) is 0.931. The number of piperidine rings is 1. The van der Waals surface area contributed by atoms with Crippen LogP contribution in [0.15, 0.2) is 34.9 Å². The van der Waals surface area contributed by atoms with E-state index >= 15 is 0 Å². The Morgan fingerprint density at radius 2 is 2.00 bits per heavy atom. The molecule has 1 saturated heterocycles. The zero-order chi connectivity index (χ0) is 19.6. The third-order valence-electron chi connectivity index (χ3n) is 4.54. The summed E-state index contributed by atoms with van der Waals surface area (Å²) < 4.78 is 26.9. The van der Waals surface area contributed by atoms with Crippen LogP contribution in [0, 0.1) is 5.92 Å². The van der Waals surface area contributed by atoms with E-state index in [4.69, 9.17) is 11.6 Å². The van der Waals surface area contributed by atoms with Gasteiger partial charge < -0.3 is 5.32 Å². The molecule has 1 aliphatic heterocycles. The van der Waals surface area contributed by atoms with Gasteiger partial charge in [-0.05, 0) is 40.4 Å². The number of hydrogen-bond acceptors (Lipinski definition) is 4. The van der Waals surface area contributed by atoms with Crippen LogP contribution in [-0.2, 0) is 21.4 Å². The molecule has 3 rings (SSSR count). The number of amides is 1. The molecule has 0 bridgehead atoms. The molecular weight excluding hydrogens is 456 g/mol. The molecule has 0 unspecified atom stereocenters. The van der Waals surface area contributed by atoms with Gasteiger partial charge >= 0.3 is 0 Å². The van der Waals surface area contributed by atoms with Gasteiger partial charge in [0.2, 0.25) is 15.9 Å². The molecule has 0 radical (unpaired) electrons. The first-order valence-corrected chi connectivity index (χ1v) is 11.5. The standard InChI is InChI=1S/C17H20BrClN4O3S/c1-27(25,26)23-8-6-12(7-9-23)17(24)20-16-14(18)11-22(21-16)10-13-4-2-3-5-15(13)19/h2-5,11-12H,6-10H2,1H3,(H,20,21,24). The van der Waals surface area contributed by atoms with Crippen molar-refractivity contribution in [1.82, 2.24) is 14.1 Å².